The predicted molar refractivity (Wildman–Crippen MR) is 163 cm³/mol. The molecule has 1 saturated heterocycles. The zero-order valence-corrected chi connectivity index (χ0v) is 24.4. The zero-order chi connectivity index (χ0) is 31.3. The van der Waals surface area contributed by atoms with Gasteiger partial charge in [-0.05, 0) is 59.7 Å². The Bertz CT molecular complexity index is 1770. The molecular formula is C33H31N5O7. The minimum Gasteiger partial charge on any atom is -0.496 e. The number of likely N-dealkylation sites (tertiary alicyclic amines) is 1. The van der Waals surface area contributed by atoms with Gasteiger partial charge in [0.05, 0.1) is 13.2 Å². The van der Waals surface area contributed by atoms with Crippen LogP contribution in [-0.4, -0.2) is 71.8 Å². The van der Waals surface area contributed by atoms with Crippen LogP contribution in [0, 0.1) is 0 Å². The van der Waals surface area contributed by atoms with Gasteiger partial charge in [0.15, 0.2) is 6.61 Å². The molecule has 3 N–H and O–H groups in total. The van der Waals surface area contributed by atoms with Gasteiger partial charge >= 0.3 is 0 Å². The van der Waals surface area contributed by atoms with Crippen LogP contribution < -0.4 is 30.4 Å². The van der Waals surface area contributed by atoms with E-state index in [2.05, 4.69) is 20.8 Å². The SMILES string of the molecule is COc1ccc2cc1-c1cccc(c1)OCC(=O)NCc1ccc(cc1)O[C@@H]1CCN(C(=O)c3ccc(=O)[nH]n3)C[C@H]1NC2=O. The number of amides is 3. The number of hydrogen-bond acceptors (Lipinski definition) is 8. The van der Waals surface area contributed by atoms with Crippen molar-refractivity contribution in [3.05, 3.63) is 106 Å². The van der Waals surface area contributed by atoms with Crippen molar-refractivity contribution in [3.63, 3.8) is 0 Å². The first kappa shape index (κ1) is 29.4. The summed E-state index contributed by atoms with van der Waals surface area (Å²) in [7, 11) is 1.55. The van der Waals surface area contributed by atoms with Crippen molar-refractivity contribution in [3.8, 4) is 28.4 Å². The Morgan fingerprint density at radius 3 is 2.58 bits per heavy atom. The fourth-order valence-electron chi connectivity index (χ4n) is 5.36. The third-order valence-corrected chi connectivity index (χ3v) is 7.73. The lowest BCUT2D eigenvalue weighted by Crippen LogP contribution is -2.58. The van der Waals surface area contributed by atoms with Crippen molar-refractivity contribution in [1.29, 1.82) is 0 Å². The van der Waals surface area contributed by atoms with Crippen molar-refractivity contribution < 1.29 is 28.6 Å². The molecule has 230 valence electrons. The summed E-state index contributed by atoms with van der Waals surface area (Å²) in [5.41, 5.74) is 2.33. The van der Waals surface area contributed by atoms with Crippen LogP contribution in [-0.2, 0) is 11.3 Å². The fourth-order valence-corrected chi connectivity index (χ4v) is 5.36. The topological polar surface area (TPSA) is 152 Å². The quantitative estimate of drug-likeness (QED) is 0.314. The minimum absolute atomic E-state index is 0.0980. The number of aromatic amines is 1. The summed E-state index contributed by atoms with van der Waals surface area (Å²) >= 11 is 0. The molecule has 0 unspecified atom stereocenters. The zero-order valence-electron chi connectivity index (χ0n) is 24.4. The van der Waals surface area contributed by atoms with Gasteiger partial charge in [0.2, 0.25) is 0 Å². The second kappa shape index (κ2) is 12.9. The molecule has 0 aliphatic carbocycles. The van der Waals surface area contributed by atoms with Crippen LogP contribution in [0.2, 0.25) is 0 Å². The number of carbonyl (C=O) groups excluding carboxylic acids is 3. The van der Waals surface area contributed by atoms with E-state index in [9.17, 15) is 19.2 Å². The first-order chi connectivity index (χ1) is 21.9. The molecule has 1 aromatic heterocycles. The van der Waals surface area contributed by atoms with Crippen LogP contribution in [0.5, 0.6) is 17.2 Å². The highest BCUT2D eigenvalue weighted by Crippen LogP contribution is 2.33. The van der Waals surface area contributed by atoms with Gasteiger partial charge < -0.3 is 29.7 Å². The number of carbonyl (C=O) groups is 3. The smallest absolute Gasteiger partial charge is 0.274 e. The number of aromatic nitrogens is 2. The van der Waals surface area contributed by atoms with Crippen molar-refractivity contribution in [2.45, 2.75) is 25.1 Å². The van der Waals surface area contributed by atoms with Crippen molar-refractivity contribution in [1.82, 2.24) is 25.7 Å². The van der Waals surface area contributed by atoms with Crippen LogP contribution in [0.15, 0.2) is 83.7 Å². The van der Waals surface area contributed by atoms with Gasteiger partial charge in [-0.3, -0.25) is 19.2 Å². The summed E-state index contributed by atoms with van der Waals surface area (Å²) in [5.74, 6) is 0.623. The maximum Gasteiger partial charge on any atom is 0.274 e. The molecule has 3 amide bonds. The molecule has 3 aliphatic heterocycles. The van der Waals surface area contributed by atoms with Crippen molar-refractivity contribution >= 4 is 17.7 Å². The highest BCUT2D eigenvalue weighted by atomic mass is 16.5. The first-order valence-electron chi connectivity index (χ1n) is 14.5. The molecule has 1 fully saturated rings. The molecule has 0 saturated carbocycles. The highest BCUT2D eigenvalue weighted by Gasteiger charge is 2.35. The largest absolute Gasteiger partial charge is 0.496 e. The van der Waals surface area contributed by atoms with Gasteiger partial charge in [0.25, 0.3) is 23.3 Å². The summed E-state index contributed by atoms with van der Waals surface area (Å²) < 4.78 is 17.7. The number of H-pyrrole nitrogens is 1. The van der Waals surface area contributed by atoms with E-state index in [1.54, 1.807) is 60.5 Å². The Labute approximate surface area is 258 Å². The molecule has 0 spiro atoms. The minimum atomic E-state index is -0.579. The summed E-state index contributed by atoms with van der Waals surface area (Å²) in [4.78, 5) is 52.6. The lowest BCUT2D eigenvalue weighted by Gasteiger charge is -2.38. The molecule has 3 aromatic carbocycles. The number of rotatable bonds is 2. The molecular weight excluding hydrogens is 578 g/mol. The molecule has 0 radical (unpaired) electrons. The van der Waals surface area contributed by atoms with E-state index in [0.717, 1.165) is 11.1 Å². The van der Waals surface area contributed by atoms with Gasteiger partial charge in [-0.1, -0.05) is 24.3 Å². The summed E-state index contributed by atoms with van der Waals surface area (Å²) in [6.07, 6.45) is -0.0253. The third-order valence-electron chi connectivity index (χ3n) is 7.73. The number of nitrogens with one attached hydrogen (secondary N) is 3. The van der Waals surface area contributed by atoms with E-state index in [1.807, 2.05) is 18.2 Å². The highest BCUT2D eigenvalue weighted by molar-refractivity contribution is 5.97. The summed E-state index contributed by atoms with van der Waals surface area (Å²) in [6.45, 7) is 0.657. The maximum atomic E-state index is 13.7. The number of benzene rings is 3. The third kappa shape index (κ3) is 6.80. The molecule has 7 rings (SSSR count). The number of nitrogens with zero attached hydrogens (tertiary/aromatic N) is 2. The Kier molecular flexibility index (Phi) is 8.45. The van der Waals surface area contributed by atoms with Crippen molar-refractivity contribution in [2.75, 3.05) is 26.8 Å². The standard InChI is InChI=1S/C33H31N5O7/c1-43-28-11-7-22-16-25(28)21-3-2-4-24(15-21)44-19-31(40)34-17-20-5-8-23(9-6-20)45-29-13-14-38(18-27(29)35-32(22)41)33(42)26-10-12-30(39)37-36-26/h2-12,15-16,27,29H,13-14,17-19H2,1H3,(H,34,40)(H,35,41)(H,37,39)/t27-,29-/m1/s1. The normalized spacial score (nSPS) is 18.4. The van der Waals surface area contributed by atoms with Crippen LogP contribution >= 0.6 is 0 Å². The Morgan fingerprint density at radius 1 is 0.956 bits per heavy atom. The first-order valence-corrected chi connectivity index (χ1v) is 14.5. The van der Waals surface area contributed by atoms with E-state index >= 15 is 0 Å². The van der Waals surface area contributed by atoms with Crippen LogP contribution in [0.3, 0.4) is 0 Å². The Hall–Kier alpha value is -5.65. The molecule has 6 bridgehead atoms. The second-order valence-electron chi connectivity index (χ2n) is 10.7. The molecule has 45 heavy (non-hydrogen) atoms. The van der Waals surface area contributed by atoms with Gasteiger partial charge in [0, 0.05) is 43.2 Å². The fraction of sp³-hybridized carbons (Fsp3) is 0.242. The van der Waals surface area contributed by atoms with Gasteiger partial charge in [-0.25, -0.2) is 5.10 Å². The average Bonchev–Trinajstić information content (AvgIpc) is 3.07. The number of hydrogen-bond donors (Lipinski definition) is 3. The number of fused-ring (bicyclic) bond motifs is 7. The number of methoxy groups -OCH3 is 1. The molecule has 3 aliphatic rings. The average molecular weight is 610 g/mol. The molecule has 12 heteroatoms. The molecule has 4 aromatic rings. The lowest BCUT2D eigenvalue weighted by atomic mass is 9.99. The second-order valence-corrected chi connectivity index (χ2v) is 10.7. The Balaban J connectivity index is 1.34. The van der Waals surface area contributed by atoms with Gasteiger partial charge in [-0.15, -0.1) is 0 Å². The van der Waals surface area contributed by atoms with Gasteiger partial charge in [-0.2, -0.15) is 5.10 Å². The molecule has 4 heterocycles. The lowest BCUT2D eigenvalue weighted by molar-refractivity contribution is -0.123. The molecule has 2 atom stereocenters. The summed E-state index contributed by atoms with van der Waals surface area (Å²) in [6, 6.07) is 21.7. The van der Waals surface area contributed by atoms with Crippen LogP contribution in [0.4, 0.5) is 0 Å². The van der Waals surface area contributed by atoms with Crippen LogP contribution in [0.25, 0.3) is 11.1 Å². The predicted octanol–water partition coefficient (Wildman–Crippen LogP) is 2.55. The van der Waals surface area contributed by atoms with E-state index in [-0.39, 0.29) is 36.6 Å². The molecule has 12 nitrogen and oxygen atoms in total. The summed E-state index contributed by atoms with van der Waals surface area (Å²) in [5, 5.41) is 12.1. The van der Waals surface area contributed by atoms with Crippen LogP contribution in [0.1, 0.15) is 32.8 Å². The maximum absolute atomic E-state index is 13.7. The van der Waals surface area contributed by atoms with Crippen molar-refractivity contribution in [2.24, 2.45) is 0 Å². The monoisotopic (exact) mass is 609 g/mol. The number of piperidine rings is 1. The van der Waals surface area contributed by atoms with E-state index in [4.69, 9.17) is 14.2 Å². The van der Waals surface area contributed by atoms with Gasteiger partial charge in [0.1, 0.15) is 29.0 Å². The number of ether oxygens (including phenoxy) is 3. The van der Waals surface area contributed by atoms with E-state index in [0.29, 0.717) is 47.9 Å². The van der Waals surface area contributed by atoms with E-state index in [1.165, 1.54) is 12.1 Å². The van der Waals surface area contributed by atoms with E-state index < -0.39 is 17.7 Å². The Morgan fingerprint density at radius 2 is 1.80 bits per heavy atom.